The lowest BCUT2D eigenvalue weighted by molar-refractivity contribution is -0.151. The van der Waals surface area contributed by atoms with Gasteiger partial charge in [-0.05, 0) is 45.1 Å². The first kappa shape index (κ1) is 33.2. The molecule has 1 unspecified atom stereocenters. The van der Waals surface area contributed by atoms with Crippen molar-refractivity contribution >= 4 is 35.7 Å². The maximum Gasteiger partial charge on any atom is 0.408 e. The maximum atomic E-state index is 13.2. The predicted molar refractivity (Wildman–Crippen MR) is 140 cm³/mol. The number of carbonyl (C=O) groups excluding carboxylic acids is 4. The van der Waals surface area contributed by atoms with E-state index in [0.29, 0.717) is 0 Å². The molecule has 0 bridgehead atoms. The van der Waals surface area contributed by atoms with Gasteiger partial charge in [0.1, 0.15) is 23.7 Å². The van der Waals surface area contributed by atoms with E-state index in [1.54, 1.807) is 46.8 Å². The van der Waals surface area contributed by atoms with Crippen LogP contribution in [0.15, 0.2) is 36.4 Å². The lowest BCUT2D eigenvalue weighted by atomic mass is 10.0. The van der Waals surface area contributed by atoms with E-state index in [2.05, 4.69) is 10.6 Å². The van der Waals surface area contributed by atoms with Crippen molar-refractivity contribution in [2.75, 3.05) is 0 Å². The number of carboxylic acids is 1. The average Bonchev–Trinajstić information content (AvgIpc) is 2.80. The topological polar surface area (TPSA) is 151 Å². The third-order valence-corrected chi connectivity index (χ3v) is 5.09. The fourth-order valence-corrected chi connectivity index (χ4v) is 3.39. The molecule has 0 spiro atoms. The third kappa shape index (κ3) is 13.5. The van der Waals surface area contributed by atoms with Crippen LogP contribution in [0.3, 0.4) is 0 Å². The number of hydrogen-bond acceptors (Lipinski definition) is 6. The van der Waals surface area contributed by atoms with Gasteiger partial charge in [-0.3, -0.25) is 14.4 Å². The lowest BCUT2D eigenvalue weighted by Crippen LogP contribution is -2.56. The van der Waals surface area contributed by atoms with Gasteiger partial charge in [0.25, 0.3) is 5.78 Å². The molecule has 0 saturated heterocycles. The van der Waals surface area contributed by atoms with Crippen LogP contribution in [0, 0.1) is 5.92 Å². The molecule has 3 amide bonds. The van der Waals surface area contributed by atoms with Crippen LogP contribution in [0.4, 0.5) is 13.6 Å². The zero-order valence-electron chi connectivity index (χ0n) is 22.7. The van der Waals surface area contributed by atoms with E-state index in [1.807, 2.05) is 35.6 Å². The number of aliphatic carboxylic acids is 1. The Morgan fingerprint density at radius 2 is 1.46 bits per heavy atom. The first-order chi connectivity index (χ1) is 18.1. The molecular formula is C27H37F2N3O7. The molecule has 0 heterocycles. The first-order valence-electron chi connectivity index (χ1n) is 12.5. The summed E-state index contributed by atoms with van der Waals surface area (Å²) in [6, 6.07) is 4.70. The molecule has 4 N–H and O–H groups in total. The molecule has 0 saturated carbocycles. The molecule has 0 fully saturated rings. The second kappa shape index (κ2) is 15.6. The lowest BCUT2D eigenvalue weighted by Gasteiger charge is -2.26. The highest BCUT2D eigenvalue weighted by Gasteiger charge is 2.33. The molecule has 0 aliphatic rings. The van der Waals surface area contributed by atoms with Crippen LogP contribution in [0.25, 0.3) is 6.08 Å². The number of carboxylic acid groups (broad SMARTS) is 1. The number of ketones is 1. The van der Waals surface area contributed by atoms with Crippen molar-refractivity contribution in [2.45, 2.75) is 84.0 Å². The largest absolute Gasteiger partial charge is 0.475 e. The maximum absolute atomic E-state index is 13.2. The highest BCUT2D eigenvalue weighted by Crippen LogP contribution is 2.12. The van der Waals surface area contributed by atoms with Crippen LogP contribution in [0.5, 0.6) is 0 Å². The molecule has 0 aliphatic heterocycles. The van der Waals surface area contributed by atoms with Crippen LogP contribution in [-0.2, 0) is 23.9 Å². The molecule has 39 heavy (non-hydrogen) atoms. The summed E-state index contributed by atoms with van der Waals surface area (Å²) >= 11 is 0. The highest BCUT2D eigenvalue weighted by atomic mass is 19.3. The van der Waals surface area contributed by atoms with Gasteiger partial charge in [0.15, 0.2) is 0 Å². The van der Waals surface area contributed by atoms with E-state index in [9.17, 15) is 32.8 Å². The van der Waals surface area contributed by atoms with E-state index >= 15 is 0 Å². The zero-order valence-corrected chi connectivity index (χ0v) is 22.7. The number of amides is 3. The summed E-state index contributed by atoms with van der Waals surface area (Å²) in [6.45, 7) is 8.42. The molecule has 1 aromatic carbocycles. The first-order valence-corrected chi connectivity index (χ1v) is 12.5. The van der Waals surface area contributed by atoms with Gasteiger partial charge in [-0.2, -0.15) is 0 Å². The van der Waals surface area contributed by atoms with Crippen molar-refractivity contribution in [1.82, 2.24) is 16.0 Å². The predicted octanol–water partition coefficient (Wildman–Crippen LogP) is 3.31. The summed E-state index contributed by atoms with van der Waals surface area (Å²) < 4.78 is 31.1. The molecule has 0 radical (unpaired) electrons. The van der Waals surface area contributed by atoms with Gasteiger partial charge in [0.2, 0.25) is 18.2 Å². The van der Waals surface area contributed by atoms with E-state index < -0.39 is 66.2 Å². The number of carbonyl (C=O) groups is 5. The molecule has 10 nitrogen and oxygen atoms in total. The second-order valence-electron chi connectivity index (χ2n) is 10.3. The molecule has 1 rings (SSSR count). The number of hydrogen-bond donors (Lipinski definition) is 4. The monoisotopic (exact) mass is 553 g/mol. The minimum atomic E-state index is -3.06. The Balaban J connectivity index is 3.14. The van der Waals surface area contributed by atoms with Crippen molar-refractivity contribution < 1.29 is 42.6 Å². The van der Waals surface area contributed by atoms with Crippen molar-refractivity contribution in [3.8, 4) is 0 Å². The number of ether oxygens (including phenoxy) is 1. The Labute approximate surface area is 226 Å². The molecule has 12 heteroatoms. The molecular weight excluding hydrogens is 516 g/mol. The van der Waals surface area contributed by atoms with Gasteiger partial charge < -0.3 is 25.8 Å². The molecule has 1 aromatic rings. The Hall–Kier alpha value is -3.83. The van der Waals surface area contributed by atoms with Gasteiger partial charge in [-0.25, -0.2) is 18.4 Å². The fraction of sp³-hybridized carbons (Fsp3) is 0.519. The van der Waals surface area contributed by atoms with Gasteiger partial charge in [0, 0.05) is 6.42 Å². The third-order valence-electron chi connectivity index (χ3n) is 5.09. The summed E-state index contributed by atoms with van der Waals surface area (Å²) in [5.74, 6) is -5.52. The number of alkyl carbamates (subject to hydrolysis) is 1. The number of Topliss-reactive ketones (excluding diaryl/α,β-unsaturated/α-hetero) is 1. The standard InChI is InChI=1S/C27H37F2N3O7/c1-16(2)14-20(24(35)30-19(15-21(28)29)22(33)25(36)37)31-23(34)18(32-26(38)39-27(3,4)5)13-9-12-17-10-7-6-8-11-17/h6-12,16,18-21H,13-15H2,1-5H3,(H,30,35)(H,31,34)(H,32,38)(H,36,37)/b12-9+/t18-,19?,20-/m0/s1. The van der Waals surface area contributed by atoms with Gasteiger partial charge in [-0.15, -0.1) is 0 Å². The normalized spacial score (nSPS) is 14.0. The van der Waals surface area contributed by atoms with Crippen LogP contribution in [0.2, 0.25) is 0 Å². The summed E-state index contributed by atoms with van der Waals surface area (Å²) in [6.07, 6.45) is -1.69. The Morgan fingerprint density at radius 3 is 1.97 bits per heavy atom. The van der Waals surface area contributed by atoms with E-state index in [0.717, 1.165) is 5.56 Å². The highest BCUT2D eigenvalue weighted by molar-refractivity contribution is 6.35. The second-order valence-corrected chi connectivity index (χ2v) is 10.3. The van der Waals surface area contributed by atoms with Crippen molar-refractivity contribution in [2.24, 2.45) is 5.92 Å². The smallest absolute Gasteiger partial charge is 0.408 e. The molecule has 0 aromatic heterocycles. The fourth-order valence-electron chi connectivity index (χ4n) is 3.39. The minimum Gasteiger partial charge on any atom is -0.475 e. The number of rotatable bonds is 14. The summed E-state index contributed by atoms with van der Waals surface area (Å²) in [5.41, 5.74) is 0.000651. The Kier molecular flexibility index (Phi) is 13.2. The SMILES string of the molecule is CC(C)C[C@H](NC(=O)[C@H](C/C=C/c1ccccc1)NC(=O)OC(C)(C)C)C(=O)NC(CC(F)F)C(=O)C(=O)O. The van der Waals surface area contributed by atoms with Gasteiger partial charge >= 0.3 is 12.1 Å². The van der Waals surface area contributed by atoms with Crippen molar-refractivity contribution in [3.63, 3.8) is 0 Å². The Morgan fingerprint density at radius 1 is 0.897 bits per heavy atom. The van der Waals surface area contributed by atoms with Crippen molar-refractivity contribution in [3.05, 3.63) is 42.0 Å². The molecule has 3 atom stereocenters. The van der Waals surface area contributed by atoms with Crippen LogP contribution < -0.4 is 16.0 Å². The number of nitrogens with one attached hydrogen (secondary N) is 3. The number of halogens is 2. The number of benzene rings is 1. The molecule has 216 valence electrons. The average molecular weight is 554 g/mol. The van der Waals surface area contributed by atoms with E-state index in [1.165, 1.54) is 0 Å². The summed E-state index contributed by atoms with van der Waals surface area (Å²) in [4.78, 5) is 61.5. The van der Waals surface area contributed by atoms with Crippen LogP contribution >= 0.6 is 0 Å². The van der Waals surface area contributed by atoms with Crippen LogP contribution in [0.1, 0.15) is 59.4 Å². The zero-order chi connectivity index (χ0) is 29.8. The van der Waals surface area contributed by atoms with E-state index in [4.69, 9.17) is 9.84 Å². The Bertz CT molecular complexity index is 1020. The van der Waals surface area contributed by atoms with Crippen LogP contribution in [-0.4, -0.2) is 64.9 Å². The van der Waals surface area contributed by atoms with Gasteiger partial charge in [-0.1, -0.05) is 56.3 Å². The quantitative estimate of drug-likeness (QED) is 0.258. The minimum absolute atomic E-state index is 0.0154. The summed E-state index contributed by atoms with van der Waals surface area (Å²) in [5, 5.41) is 15.9. The summed E-state index contributed by atoms with van der Waals surface area (Å²) in [7, 11) is 0. The number of alkyl halides is 2. The van der Waals surface area contributed by atoms with Gasteiger partial charge in [0.05, 0.1) is 0 Å². The molecule has 0 aliphatic carbocycles. The van der Waals surface area contributed by atoms with E-state index in [-0.39, 0.29) is 18.8 Å². The van der Waals surface area contributed by atoms with Crippen molar-refractivity contribution in [1.29, 1.82) is 0 Å².